The molecule has 0 aromatic heterocycles. The molecule has 1 heterocycles. The van der Waals surface area contributed by atoms with Gasteiger partial charge in [-0.05, 0) is 24.6 Å². The van der Waals surface area contributed by atoms with Crippen LogP contribution in [0.2, 0.25) is 0 Å². The van der Waals surface area contributed by atoms with Gasteiger partial charge in [0.05, 0.1) is 0 Å². The number of rotatable bonds is 4. The number of benzene rings is 1. The summed E-state index contributed by atoms with van der Waals surface area (Å²) in [5.41, 5.74) is 7.79. The standard InChI is InChI=1S/C14H18N4O3/c1-9-10(15)4-3-5-11(9)16-12(19)6-7-18-13(20)8-17(2)14(18)21/h3-5H,6-8,15H2,1-2H3,(H,16,19). The molecule has 112 valence electrons. The Bertz CT molecular complexity index is 600. The fraction of sp³-hybridized carbons (Fsp3) is 0.357. The molecule has 1 saturated heterocycles. The summed E-state index contributed by atoms with van der Waals surface area (Å²) in [5, 5.41) is 2.73. The number of nitrogen functional groups attached to an aromatic ring is 1. The van der Waals surface area contributed by atoms with E-state index >= 15 is 0 Å². The van der Waals surface area contributed by atoms with E-state index in [1.165, 1.54) is 4.90 Å². The molecule has 2 rings (SSSR count). The van der Waals surface area contributed by atoms with Gasteiger partial charge in [0.1, 0.15) is 6.54 Å². The van der Waals surface area contributed by atoms with Crippen LogP contribution in [0.15, 0.2) is 18.2 Å². The highest BCUT2D eigenvalue weighted by atomic mass is 16.2. The van der Waals surface area contributed by atoms with Crippen LogP contribution in [-0.2, 0) is 9.59 Å². The number of carbonyl (C=O) groups is 3. The molecule has 0 radical (unpaired) electrons. The predicted molar refractivity (Wildman–Crippen MR) is 78.6 cm³/mol. The van der Waals surface area contributed by atoms with E-state index in [9.17, 15) is 14.4 Å². The Balaban J connectivity index is 1.92. The maximum Gasteiger partial charge on any atom is 0.326 e. The summed E-state index contributed by atoms with van der Waals surface area (Å²) < 4.78 is 0. The van der Waals surface area contributed by atoms with Gasteiger partial charge >= 0.3 is 6.03 Å². The van der Waals surface area contributed by atoms with Crippen molar-refractivity contribution in [1.29, 1.82) is 0 Å². The van der Waals surface area contributed by atoms with Gasteiger partial charge in [0.2, 0.25) is 11.8 Å². The number of nitrogens with two attached hydrogens (primary N) is 1. The van der Waals surface area contributed by atoms with E-state index in [1.807, 2.05) is 6.92 Å². The Hall–Kier alpha value is -2.57. The molecular weight excluding hydrogens is 272 g/mol. The van der Waals surface area contributed by atoms with Crippen LogP contribution in [0.5, 0.6) is 0 Å². The predicted octanol–water partition coefficient (Wildman–Crippen LogP) is 0.800. The number of anilines is 2. The van der Waals surface area contributed by atoms with Gasteiger partial charge < -0.3 is 16.0 Å². The van der Waals surface area contributed by atoms with E-state index in [4.69, 9.17) is 5.73 Å². The largest absolute Gasteiger partial charge is 0.398 e. The zero-order chi connectivity index (χ0) is 15.6. The van der Waals surface area contributed by atoms with Crippen LogP contribution in [0.4, 0.5) is 16.2 Å². The van der Waals surface area contributed by atoms with E-state index in [1.54, 1.807) is 25.2 Å². The van der Waals surface area contributed by atoms with Crippen molar-refractivity contribution in [2.45, 2.75) is 13.3 Å². The van der Waals surface area contributed by atoms with Gasteiger partial charge in [-0.2, -0.15) is 0 Å². The van der Waals surface area contributed by atoms with Crippen LogP contribution in [-0.4, -0.2) is 47.8 Å². The van der Waals surface area contributed by atoms with Crippen LogP contribution in [0, 0.1) is 6.92 Å². The number of likely N-dealkylation sites (N-methyl/N-ethyl adjacent to an activating group) is 1. The van der Waals surface area contributed by atoms with E-state index in [0.29, 0.717) is 11.4 Å². The summed E-state index contributed by atoms with van der Waals surface area (Å²) in [7, 11) is 1.55. The maximum absolute atomic E-state index is 11.9. The molecule has 1 fully saturated rings. The van der Waals surface area contributed by atoms with E-state index in [2.05, 4.69) is 5.32 Å². The number of amides is 4. The second kappa shape index (κ2) is 5.82. The molecule has 0 atom stereocenters. The fourth-order valence-corrected chi connectivity index (χ4v) is 2.10. The fourth-order valence-electron chi connectivity index (χ4n) is 2.10. The SMILES string of the molecule is Cc1c(N)cccc1NC(=O)CCN1C(=O)CN(C)C1=O. The van der Waals surface area contributed by atoms with Crippen molar-refractivity contribution in [3.63, 3.8) is 0 Å². The first-order valence-corrected chi connectivity index (χ1v) is 6.60. The summed E-state index contributed by atoms with van der Waals surface area (Å²) >= 11 is 0. The van der Waals surface area contributed by atoms with Gasteiger partial charge in [0, 0.05) is 31.4 Å². The summed E-state index contributed by atoms with van der Waals surface area (Å²) in [6.07, 6.45) is 0.0551. The molecule has 1 aromatic carbocycles. The molecule has 21 heavy (non-hydrogen) atoms. The molecule has 0 aliphatic carbocycles. The number of nitrogens with one attached hydrogen (secondary N) is 1. The molecule has 7 nitrogen and oxygen atoms in total. The first-order chi connectivity index (χ1) is 9.90. The third-order valence-electron chi connectivity index (χ3n) is 3.44. The van der Waals surface area contributed by atoms with Gasteiger partial charge in [-0.1, -0.05) is 6.07 Å². The topological polar surface area (TPSA) is 95.7 Å². The summed E-state index contributed by atoms with van der Waals surface area (Å²) in [6.45, 7) is 1.96. The zero-order valence-electron chi connectivity index (χ0n) is 12.0. The minimum Gasteiger partial charge on any atom is -0.398 e. The van der Waals surface area contributed by atoms with Crippen LogP contribution in [0.25, 0.3) is 0 Å². The molecule has 7 heteroatoms. The number of imide groups is 1. The Kier molecular flexibility index (Phi) is 4.11. The van der Waals surface area contributed by atoms with Gasteiger partial charge in [0.15, 0.2) is 0 Å². The normalized spacial score (nSPS) is 14.8. The number of urea groups is 1. The molecule has 1 aliphatic rings. The summed E-state index contributed by atoms with van der Waals surface area (Å²) in [6, 6.07) is 4.89. The van der Waals surface area contributed by atoms with Crippen molar-refractivity contribution in [3.05, 3.63) is 23.8 Å². The van der Waals surface area contributed by atoms with Crippen LogP contribution < -0.4 is 11.1 Å². The average molecular weight is 290 g/mol. The smallest absolute Gasteiger partial charge is 0.326 e. The first-order valence-electron chi connectivity index (χ1n) is 6.60. The van der Waals surface area contributed by atoms with Crippen LogP contribution in [0.1, 0.15) is 12.0 Å². The lowest BCUT2D eigenvalue weighted by molar-refractivity contribution is -0.125. The molecule has 3 N–H and O–H groups in total. The highest BCUT2D eigenvalue weighted by molar-refractivity contribution is 6.02. The third kappa shape index (κ3) is 3.13. The zero-order valence-corrected chi connectivity index (χ0v) is 12.0. The maximum atomic E-state index is 11.9. The number of nitrogens with zero attached hydrogens (tertiary/aromatic N) is 2. The van der Waals surface area contributed by atoms with Crippen LogP contribution in [0.3, 0.4) is 0 Å². The lowest BCUT2D eigenvalue weighted by atomic mass is 10.1. The molecule has 1 aliphatic heterocycles. The number of hydrogen-bond donors (Lipinski definition) is 2. The second-order valence-corrected chi connectivity index (χ2v) is 5.00. The van der Waals surface area contributed by atoms with Crippen molar-refractivity contribution < 1.29 is 14.4 Å². The number of hydrogen-bond acceptors (Lipinski definition) is 4. The highest BCUT2D eigenvalue weighted by Gasteiger charge is 2.33. The van der Waals surface area contributed by atoms with Crippen LogP contribution >= 0.6 is 0 Å². The average Bonchev–Trinajstić information content (AvgIpc) is 2.67. The van der Waals surface area contributed by atoms with Crippen molar-refractivity contribution in [2.24, 2.45) is 0 Å². The molecule has 0 unspecified atom stereocenters. The Morgan fingerprint density at radius 3 is 2.71 bits per heavy atom. The summed E-state index contributed by atoms with van der Waals surface area (Å²) in [4.78, 5) is 37.6. The van der Waals surface area contributed by atoms with E-state index in [-0.39, 0.29) is 37.4 Å². The van der Waals surface area contributed by atoms with Crippen molar-refractivity contribution in [3.8, 4) is 0 Å². The minimum atomic E-state index is -0.368. The van der Waals surface area contributed by atoms with Gasteiger partial charge in [-0.3, -0.25) is 14.5 Å². The van der Waals surface area contributed by atoms with Crippen molar-refractivity contribution in [1.82, 2.24) is 9.80 Å². The molecule has 1 aromatic rings. The number of carbonyl (C=O) groups excluding carboxylic acids is 3. The monoisotopic (exact) mass is 290 g/mol. The third-order valence-corrected chi connectivity index (χ3v) is 3.44. The minimum absolute atomic E-state index is 0.0551. The van der Waals surface area contributed by atoms with Gasteiger partial charge in [-0.25, -0.2) is 4.79 Å². The highest BCUT2D eigenvalue weighted by Crippen LogP contribution is 2.20. The van der Waals surface area contributed by atoms with Gasteiger partial charge in [0.25, 0.3) is 0 Å². The summed E-state index contributed by atoms with van der Waals surface area (Å²) in [5.74, 6) is -0.547. The van der Waals surface area contributed by atoms with Crippen molar-refractivity contribution >= 4 is 29.2 Å². The quantitative estimate of drug-likeness (QED) is 0.633. The van der Waals surface area contributed by atoms with Crippen molar-refractivity contribution in [2.75, 3.05) is 31.2 Å². The van der Waals surface area contributed by atoms with Gasteiger partial charge in [-0.15, -0.1) is 0 Å². The second-order valence-electron chi connectivity index (χ2n) is 5.00. The Morgan fingerprint density at radius 2 is 2.10 bits per heavy atom. The molecule has 0 saturated carbocycles. The molecule has 4 amide bonds. The lowest BCUT2D eigenvalue weighted by Crippen LogP contribution is -2.34. The lowest BCUT2D eigenvalue weighted by Gasteiger charge is -2.14. The molecular formula is C14H18N4O3. The first kappa shape index (κ1) is 14.8. The van der Waals surface area contributed by atoms with E-state index in [0.717, 1.165) is 10.5 Å². The Morgan fingerprint density at radius 1 is 1.38 bits per heavy atom. The Labute approximate surface area is 122 Å². The molecule has 0 spiro atoms. The van der Waals surface area contributed by atoms with E-state index < -0.39 is 0 Å². The molecule has 0 bridgehead atoms.